The second-order valence-electron chi connectivity index (χ2n) is 6.00. The third kappa shape index (κ3) is 4.02. The smallest absolute Gasteiger partial charge is 0.328 e. The summed E-state index contributed by atoms with van der Waals surface area (Å²) in [6, 6.07) is 3.15. The van der Waals surface area contributed by atoms with Crippen molar-refractivity contribution in [1.82, 2.24) is 9.97 Å². The Bertz CT molecular complexity index is 758. The molecule has 23 heavy (non-hydrogen) atoms. The monoisotopic (exact) mass is 331 g/mol. The van der Waals surface area contributed by atoms with Crippen LogP contribution in [0.15, 0.2) is 17.6 Å². The molecule has 2 heterocycles. The summed E-state index contributed by atoms with van der Waals surface area (Å²) in [5, 5.41) is 26.0. The van der Waals surface area contributed by atoms with E-state index in [1.165, 1.54) is 12.3 Å². The van der Waals surface area contributed by atoms with Crippen molar-refractivity contribution in [3.63, 3.8) is 0 Å². The Kier molecular flexibility index (Phi) is 4.91. The summed E-state index contributed by atoms with van der Waals surface area (Å²) in [7, 11) is 0. The van der Waals surface area contributed by atoms with E-state index in [9.17, 15) is 10.1 Å². The van der Waals surface area contributed by atoms with Gasteiger partial charge in [-0.1, -0.05) is 20.8 Å². The second-order valence-corrected chi connectivity index (χ2v) is 6.85. The molecule has 0 saturated heterocycles. The van der Waals surface area contributed by atoms with Crippen LogP contribution in [0.4, 0.5) is 11.5 Å². The van der Waals surface area contributed by atoms with Crippen LogP contribution in [0.1, 0.15) is 37.0 Å². The number of anilines is 1. The van der Waals surface area contributed by atoms with Crippen LogP contribution in [0.5, 0.6) is 0 Å². The van der Waals surface area contributed by atoms with E-state index < -0.39 is 4.92 Å². The Hall–Kier alpha value is -2.53. The molecule has 0 unspecified atom stereocenters. The predicted molar refractivity (Wildman–Crippen MR) is 88.6 cm³/mol. The van der Waals surface area contributed by atoms with E-state index in [1.54, 1.807) is 11.3 Å². The van der Waals surface area contributed by atoms with E-state index in [1.807, 2.05) is 11.4 Å². The van der Waals surface area contributed by atoms with Gasteiger partial charge >= 0.3 is 5.69 Å². The van der Waals surface area contributed by atoms with Gasteiger partial charge in [-0.2, -0.15) is 5.26 Å². The molecule has 0 saturated carbocycles. The Morgan fingerprint density at radius 3 is 2.78 bits per heavy atom. The molecule has 0 aromatic carbocycles. The molecule has 2 aromatic heterocycles. The molecule has 0 fully saturated rings. The molecule has 0 spiro atoms. The topological polar surface area (TPSA) is 105 Å². The largest absolute Gasteiger partial charge is 0.364 e. The minimum atomic E-state index is -0.589. The van der Waals surface area contributed by atoms with Gasteiger partial charge in [-0.3, -0.25) is 10.1 Å². The van der Waals surface area contributed by atoms with Gasteiger partial charge in [-0.15, -0.1) is 11.3 Å². The first kappa shape index (κ1) is 16.8. The van der Waals surface area contributed by atoms with Crippen LogP contribution in [0.2, 0.25) is 0 Å². The maximum Gasteiger partial charge on any atom is 0.328 e. The third-order valence-corrected chi connectivity index (χ3v) is 4.41. The molecular weight excluding hydrogens is 314 g/mol. The van der Waals surface area contributed by atoms with Crippen molar-refractivity contribution in [1.29, 1.82) is 5.26 Å². The highest BCUT2D eigenvalue weighted by Crippen LogP contribution is 2.27. The van der Waals surface area contributed by atoms with Gasteiger partial charge < -0.3 is 5.32 Å². The van der Waals surface area contributed by atoms with Crippen molar-refractivity contribution in [3.05, 3.63) is 44.0 Å². The Labute approximate surface area is 138 Å². The number of rotatable bonds is 5. The van der Waals surface area contributed by atoms with Crippen LogP contribution < -0.4 is 5.32 Å². The zero-order chi connectivity index (χ0) is 17.0. The summed E-state index contributed by atoms with van der Waals surface area (Å²) in [5.74, 6) is 0.111. The van der Waals surface area contributed by atoms with Gasteiger partial charge in [-0.05, 0) is 6.07 Å². The number of nitrogens with zero attached hydrogens (tertiary/aromatic N) is 4. The van der Waals surface area contributed by atoms with Crippen molar-refractivity contribution in [3.8, 4) is 6.07 Å². The van der Waals surface area contributed by atoms with Crippen LogP contribution in [0.25, 0.3) is 0 Å². The van der Waals surface area contributed by atoms with Gasteiger partial charge in [0.15, 0.2) is 0 Å². The van der Waals surface area contributed by atoms with Gasteiger partial charge in [0, 0.05) is 30.0 Å². The Morgan fingerprint density at radius 2 is 2.22 bits per heavy atom. The lowest BCUT2D eigenvalue weighted by atomic mass is 9.98. The molecule has 2 rings (SSSR count). The summed E-state index contributed by atoms with van der Waals surface area (Å²) >= 11 is 1.61. The van der Waals surface area contributed by atoms with Crippen LogP contribution in [0, 0.1) is 21.4 Å². The number of hydrogen-bond donors (Lipinski definition) is 1. The minimum Gasteiger partial charge on any atom is -0.364 e. The molecule has 0 amide bonds. The highest BCUT2D eigenvalue weighted by Gasteiger charge is 2.21. The van der Waals surface area contributed by atoms with Gasteiger partial charge in [0.25, 0.3) is 0 Å². The first-order valence-corrected chi connectivity index (χ1v) is 7.93. The Morgan fingerprint density at radius 1 is 1.48 bits per heavy atom. The average Bonchev–Trinajstić information content (AvgIpc) is 2.95. The summed E-state index contributed by atoms with van der Waals surface area (Å²) in [4.78, 5) is 19.1. The number of hydrogen-bond acceptors (Lipinski definition) is 7. The fourth-order valence-corrected chi connectivity index (χ4v) is 2.88. The van der Waals surface area contributed by atoms with E-state index in [0.29, 0.717) is 13.0 Å². The molecule has 0 aliphatic carbocycles. The van der Waals surface area contributed by atoms with Crippen molar-refractivity contribution in [2.24, 2.45) is 0 Å². The third-order valence-electron chi connectivity index (χ3n) is 3.09. The lowest BCUT2D eigenvalue weighted by Gasteiger charge is -2.13. The van der Waals surface area contributed by atoms with Gasteiger partial charge in [0.2, 0.25) is 5.82 Å². The molecule has 8 heteroatoms. The quantitative estimate of drug-likeness (QED) is 0.666. The molecule has 0 atom stereocenters. The first-order chi connectivity index (χ1) is 10.8. The number of nitrogens with one attached hydrogen (secondary N) is 1. The molecule has 0 radical (unpaired) electrons. The van der Waals surface area contributed by atoms with Crippen molar-refractivity contribution in [2.75, 3.05) is 11.9 Å². The molecule has 0 aliphatic heterocycles. The SMILES string of the molecule is CC(C)(C)c1nc(CCNc2nccc(C#N)c2[N+](=O)[O-])cs1. The van der Waals surface area contributed by atoms with Crippen molar-refractivity contribution < 1.29 is 4.92 Å². The first-order valence-electron chi connectivity index (χ1n) is 7.05. The fourth-order valence-electron chi connectivity index (χ4n) is 1.93. The van der Waals surface area contributed by atoms with E-state index >= 15 is 0 Å². The average molecular weight is 331 g/mol. The standard InChI is InChI=1S/C15H17N5O2S/c1-15(2,3)14-19-11(9-23-14)5-7-18-13-12(20(21)22)10(8-16)4-6-17-13/h4,6,9H,5,7H2,1-3H3,(H,17,18). The second kappa shape index (κ2) is 6.71. The van der Waals surface area contributed by atoms with E-state index in [0.717, 1.165) is 10.7 Å². The molecule has 2 aromatic rings. The highest BCUT2D eigenvalue weighted by atomic mass is 32.1. The predicted octanol–water partition coefficient (Wildman–Crippen LogP) is 3.27. The lowest BCUT2D eigenvalue weighted by Crippen LogP contribution is -2.12. The summed E-state index contributed by atoms with van der Waals surface area (Å²) in [5.41, 5.74) is 0.656. The number of thiazole rings is 1. The molecule has 120 valence electrons. The molecule has 0 bridgehead atoms. The molecule has 0 aliphatic rings. The van der Waals surface area contributed by atoms with Crippen LogP contribution in [0.3, 0.4) is 0 Å². The summed E-state index contributed by atoms with van der Waals surface area (Å²) in [6.45, 7) is 6.77. The number of pyridine rings is 1. The maximum absolute atomic E-state index is 11.1. The van der Waals surface area contributed by atoms with Crippen LogP contribution >= 0.6 is 11.3 Å². The van der Waals surface area contributed by atoms with Crippen LogP contribution in [-0.4, -0.2) is 21.4 Å². The van der Waals surface area contributed by atoms with Gasteiger partial charge in [0.1, 0.15) is 11.6 Å². The lowest BCUT2D eigenvalue weighted by molar-refractivity contribution is -0.384. The number of nitriles is 1. The fraction of sp³-hybridized carbons (Fsp3) is 0.400. The maximum atomic E-state index is 11.1. The van der Waals surface area contributed by atoms with Crippen molar-refractivity contribution >= 4 is 22.8 Å². The van der Waals surface area contributed by atoms with E-state index in [-0.39, 0.29) is 22.5 Å². The van der Waals surface area contributed by atoms with E-state index in [2.05, 4.69) is 36.1 Å². The summed E-state index contributed by atoms with van der Waals surface area (Å²) < 4.78 is 0. The van der Waals surface area contributed by atoms with Crippen molar-refractivity contribution in [2.45, 2.75) is 32.6 Å². The van der Waals surface area contributed by atoms with E-state index in [4.69, 9.17) is 5.26 Å². The molecule has 7 nitrogen and oxygen atoms in total. The zero-order valence-corrected chi connectivity index (χ0v) is 14.0. The number of nitro groups is 1. The zero-order valence-electron chi connectivity index (χ0n) is 13.2. The normalized spacial score (nSPS) is 11.0. The van der Waals surface area contributed by atoms with Gasteiger partial charge in [0.05, 0.1) is 15.6 Å². The summed E-state index contributed by atoms with van der Waals surface area (Å²) in [6.07, 6.45) is 2.01. The minimum absolute atomic E-state index is 0.00354. The molecule has 1 N–H and O–H groups in total. The molecular formula is C15H17N5O2S. The highest BCUT2D eigenvalue weighted by molar-refractivity contribution is 7.09. The Balaban J connectivity index is 2.06. The van der Waals surface area contributed by atoms with Crippen LogP contribution in [-0.2, 0) is 11.8 Å². The number of aromatic nitrogens is 2. The van der Waals surface area contributed by atoms with Gasteiger partial charge in [-0.25, -0.2) is 9.97 Å².